The molecule has 0 fully saturated rings. The van der Waals surface area contributed by atoms with Crippen LogP contribution in [0.3, 0.4) is 0 Å². The van der Waals surface area contributed by atoms with Gasteiger partial charge in [0.25, 0.3) is 0 Å². The van der Waals surface area contributed by atoms with Gasteiger partial charge in [-0.1, -0.05) is 41.9 Å². The maximum Gasteiger partial charge on any atom is 0.303 e. The molecule has 4 heteroatoms. The van der Waals surface area contributed by atoms with Gasteiger partial charge in [-0.25, -0.2) is 0 Å². The van der Waals surface area contributed by atoms with Gasteiger partial charge in [-0.15, -0.1) is 0 Å². The van der Waals surface area contributed by atoms with Gasteiger partial charge < -0.3 is 5.11 Å². The lowest BCUT2D eigenvalue weighted by molar-refractivity contribution is -0.139. The van der Waals surface area contributed by atoms with E-state index in [1.54, 1.807) is 6.92 Å². The molecule has 0 amide bonds. The molecule has 0 aliphatic heterocycles. The summed E-state index contributed by atoms with van der Waals surface area (Å²) >= 11 is 3.44. The molecule has 1 aromatic carbocycles. The van der Waals surface area contributed by atoms with Crippen LogP contribution in [-0.4, -0.2) is 16.9 Å². The highest BCUT2D eigenvalue weighted by molar-refractivity contribution is 9.10. The Bertz CT molecular complexity index is 537. The van der Waals surface area contributed by atoms with Crippen molar-refractivity contribution in [2.45, 2.75) is 52.4 Å². The molecule has 0 aliphatic rings. The molecule has 1 aromatic rings. The lowest BCUT2D eigenvalue weighted by Crippen LogP contribution is -2.32. The fourth-order valence-electron chi connectivity index (χ4n) is 2.44. The number of carbonyl (C=O) groups is 2. The van der Waals surface area contributed by atoms with Crippen molar-refractivity contribution in [2.75, 3.05) is 0 Å². The third-order valence-electron chi connectivity index (χ3n) is 4.17. The molecule has 0 saturated carbocycles. The Labute approximate surface area is 134 Å². The van der Waals surface area contributed by atoms with Crippen molar-refractivity contribution in [3.8, 4) is 0 Å². The fourth-order valence-corrected chi connectivity index (χ4v) is 2.84. The van der Waals surface area contributed by atoms with E-state index in [0.29, 0.717) is 12.8 Å². The number of ketones is 1. The smallest absolute Gasteiger partial charge is 0.303 e. The Balaban J connectivity index is 2.97. The summed E-state index contributed by atoms with van der Waals surface area (Å²) in [5.41, 5.74) is 0.0594. The predicted octanol–water partition coefficient (Wildman–Crippen LogP) is 4.58. The van der Waals surface area contributed by atoms with Crippen LogP contribution in [-0.2, 0) is 15.0 Å². The second-order valence-electron chi connectivity index (χ2n) is 6.63. The van der Waals surface area contributed by atoms with E-state index in [4.69, 9.17) is 5.11 Å². The summed E-state index contributed by atoms with van der Waals surface area (Å²) in [4.78, 5) is 23.1. The van der Waals surface area contributed by atoms with E-state index in [1.807, 2.05) is 45.0 Å². The molecule has 1 atom stereocenters. The number of benzene rings is 1. The molecular formula is C17H23BrO3. The number of Topliss-reactive ketones (excluding diaryl/α,β-unsaturated/α-hetero) is 1. The highest BCUT2D eigenvalue weighted by Crippen LogP contribution is 2.37. The van der Waals surface area contributed by atoms with Gasteiger partial charge in [-0.2, -0.15) is 0 Å². The zero-order chi connectivity index (χ0) is 16.3. The highest BCUT2D eigenvalue weighted by atomic mass is 79.9. The maximum absolute atomic E-state index is 12.2. The molecule has 21 heavy (non-hydrogen) atoms. The van der Waals surface area contributed by atoms with Gasteiger partial charge in [-0.3, -0.25) is 9.59 Å². The first-order valence-corrected chi connectivity index (χ1v) is 7.85. The third kappa shape index (κ3) is 4.95. The standard InChI is InChI=1S/C17H23BrO3/c1-12(19)17(4,13-6-5-7-14(18)10-13)9-8-16(2,3)11-15(20)21/h5-7,10H,8-9,11H2,1-4H3,(H,20,21). The van der Waals surface area contributed by atoms with Crippen molar-refractivity contribution in [1.82, 2.24) is 0 Å². The Kier molecular flexibility index (Phi) is 5.74. The van der Waals surface area contributed by atoms with Crippen LogP contribution in [0.5, 0.6) is 0 Å². The highest BCUT2D eigenvalue weighted by Gasteiger charge is 2.34. The first-order chi connectivity index (χ1) is 9.57. The van der Waals surface area contributed by atoms with Gasteiger partial charge in [0.15, 0.2) is 0 Å². The minimum Gasteiger partial charge on any atom is -0.481 e. The third-order valence-corrected chi connectivity index (χ3v) is 4.66. The van der Waals surface area contributed by atoms with Crippen molar-refractivity contribution < 1.29 is 14.7 Å². The van der Waals surface area contributed by atoms with Crippen LogP contribution in [0.1, 0.15) is 52.5 Å². The average Bonchev–Trinajstić information content (AvgIpc) is 2.34. The van der Waals surface area contributed by atoms with E-state index in [1.165, 1.54) is 0 Å². The lowest BCUT2D eigenvalue weighted by atomic mass is 9.71. The topological polar surface area (TPSA) is 54.4 Å². The minimum absolute atomic E-state index is 0.103. The van der Waals surface area contributed by atoms with Crippen LogP contribution in [0.15, 0.2) is 28.7 Å². The molecule has 0 spiro atoms. The quantitative estimate of drug-likeness (QED) is 0.779. The molecule has 1 rings (SSSR count). The summed E-state index contributed by atoms with van der Waals surface area (Å²) in [6.45, 7) is 7.41. The summed E-state index contributed by atoms with van der Waals surface area (Å²) in [5, 5.41) is 8.97. The number of carboxylic acids is 1. The normalized spacial score (nSPS) is 14.5. The Morgan fingerprint density at radius 2 is 1.81 bits per heavy atom. The maximum atomic E-state index is 12.2. The molecular weight excluding hydrogens is 332 g/mol. The van der Waals surface area contributed by atoms with Crippen molar-refractivity contribution in [2.24, 2.45) is 5.41 Å². The number of aliphatic carboxylic acids is 1. The number of carbonyl (C=O) groups excluding carboxylic acids is 1. The summed E-state index contributed by atoms with van der Waals surface area (Å²) in [7, 11) is 0. The van der Waals surface area contributed by atoms with Gasteiger partial charge in [0.05, 0.1) is 11.8 Å². The molecule has 0 saturated heterocycles. The second-order valence-corrected chi connectivity index (χ2v) is 7.55. The summed E-state index contributed by atoms with van der Waals surface area (Å²) in [6, 6.07) is 7.77. The number of hydrogen-bond acceptors (Lipinski definition) is 2. The number of rotatable bonds is 7. The summed E-state index contributed by atoms with van der Waals surface area (Å²) in [5.74, 6) is -0.696. The van der Waals surface area contributed by atoms with Crippen molar-refractivity contribution in [3.05, 3.63) is 34.3 Å². The van der Waals surface area contributed by atoms with Crippen LogP contribution in [0.4, 0.5) is 0 Å². The minimum atomic E-state index is -0.799. The molecule has 3 nitrogen and oxygen atoms in total. The van der Waals surface area contributed by atoms with Crippen molar-refractivity contribution in [1.29, 1.82) is 0 Å². The Hall–Kier alpha value is -1.16. The molecule has 116 valence electrons. The van der Waals surface area contributed by atoms with E-state index >= 15 is 0 Å². The van der Waals surface area contributed by atoms with Gasteiger partial charge in [0.1, 0.15) is 5.78 Å². The van der Waals surface area contributed by atoms with Gasteiger partial charge in [-0.05, 0) is 49.8 Å². The summed E-state index contributed by atoms with van der Waals surface area (Å²) in [6.07, 6.45) is 1.43. The molecule has 0 bridgehead atoms. The first-order valence-electron chi connectivity index (χ1n) is 7.06. The molecule has 0 heterocycles. The van der Waals surface area contributed by atoms with E-state index in [2.05, 4.69) is 15.9 Å². The van der Waals surface area contributed by atoms with E-state index in [-0.39, 0.29) is 17.6 Å². The monoisotopic (exact) mass is 354 g/mol. The molecule has 0 aliphatic carbocycles. The van der Waals surface area contributed by atoms with E-state index in [9.17, 15) is 9.59 Å². The zero-order valence-electron chi connectivity index (χ0n) is 13.1. The number of carboxylic acid groups (broad SMARTS) is 1. The Morgan fingerprint density at radius 1 is 1.19 bits per heavy atom. The van der Waals surface area contributed by atoms with Crippen molar-refractivity contribution in [3.63, 3.8) is 0 Å². The summed E-state index contributed by atoms with van der Waals surface area (Å²) < 4.78 is 0.942. The van der Waals surface area contributed by atoms with E-state index < -0.39 is 11.4 Å². The van der Waals surface area contributed by atoms with Crippen LogP contribution in [0.2, 0.25) is 0 Å². The van der Waals surface area contributed by atoms with Gasteiger partial charge in [0, 0.05) is 4.47 Å². The van der Waals surface area contributed by atoms with Gasteiger partial charge in [0.2, 0.25) is 0 Å². The zero-order valence-corrected chi connectivity index (χ0v) is 14.7. The molecule has 1 unspecified atom stereocenters. The van der Waals surface area contributed by atoms with Crippen LogP contribution in [0, 0.1) is 5.41 Å². The van der Waals surface area contributed by atoms with Crippen molar-refractivity contribution >= 4 is 27.7 Å². The largest absolute Gasteiger partial charge is 0.481 e. The number of hydrogen-bond donors (Lipinski definition) is 1. The molecule has 1 N–H and O–H groups in total. The SMILES string of the molecule is CC(=O)C(C)(CCC(C)(C)CC(=O)O)c1cccc(Br)c1. The van der Waals surface area contributed by atoms with Crippen LogP contribution in [0.25, 0.3) is 0 Å². The van der Waals surface area contributed by atoms with Crippen LogP contribution < -0.4 is 0 Å². The lowest BCUT2D eigenvalue weighted by Gasteiger charge is -2.32. The Morgan fingerprint density at radius 3 is 2.29 bits per heavy atom. The molecule has 0 radical (unpaired) electrons. The van der Waals surface area contributed by atoms with E-state index in [0.717, 1.165) is 10.0 Å². The number of halogens is 1. The van der Waals surface area contributed by atoms with Gasteiger partial charge >= 0.3 is 5.97 Å². The molecule has 0 aromatic heterocycles. The second kappa shape index (κ2) is 6.73. The predicted molar refractivity (Wildman–Crippen MR) is 87.4 cm³/mol. The fraction of sp³-hybridized carbons (Fsp3) is 0.529. The van der Waals surface area contributed by atoms with Crippen LogP contribution >= 0.6 is 15.9 Å². The average molecular weight is 355 g/mol. The first kappa shape index (κ1) is 17.9.